The zero-order valence-electron chi connectivity index (χ0n) is 17.0. The zero-order chi connectivity index (χ0) is 21.7. The van der Waals surface area contributed by atoms with Gasteiger partial charge in [-0.05, 0) is 62.2 Å². The van der Waals surface area contributed by atoms with E-state index in [1.165, 1.54) is 12.1 Å². The van der Waals surface area contributed by atoms with E-state index in [-0.39, 0.29) is 5.75 Å². The van der Waals surface area contributed by atoms with E-state index in [9.17, 15) is 13.6 Å². The van der Waals surface area contributed by atoms with Crippen molar-refractivity contribution in [1.29, 1.82) is 0 Å². The minimum Gasteiger partial charge on any atom is -0.435 e. The Morgan fingerprint density at radius 1 is 1.13 bits per heavy atom. The molecule has 0 bridgehead atoms. The molecule has 2 N–H and O–H groups in total. The third-order valence-corrected chi connectivity index (χ3v) is 4.55. The van der Waals surface area contributed by atoms with Crippen LogP contribution in [0.3, 0.4) is 0 Å². The van der Waals surface area contributed by atoms with E-state index in [1.807, 2.05) is 42.8 Å². The van der Waals surface area contributed by atoms with Crippen LogP contribution in [0.2, 0.25) is 0 Å². The summed E-state index contributed by atoms with van der Waals surface area (Å²) in [4.78, 5) is 12.4. The first-order valence-corrected chi connectivity index (χ1v) is 9.52. The van der Waals surface area contributed by atoms with Crippen LogP contribution in [0, 0.1) is 13.8 Å². The van der Waals surface area contributed by atoms with Crippen LogP contribution in [0.5, 0.6) is 5.75 Å². The molecule has 0 aliphatic heterocycles. The highest BCUT2D eigenvalue weighted by Crippen LogP contribution is 2.21. The van der Waals surface area contributed by atoms with Gasteiger partial charge in [0.05, 0.1) is 18.3 Å². The lowest BCUT2D eigenvalue weighted by Crippen LogP contribution is -2.31. The predicted molar refractivity (Wildman–Crippen MR) is 111 cm³/mol. The molecule has 0 saturated heterocycles. The Morgan fingerprint density at radius 3 is 2.60 bits per heavy atom. The molecule has 3 aromatic rings. The molecule has 6 nitrogen and oxygen atoms in total. The van der Waals surface area contributed by atoms with E-state index in [0.717, 1.165) is 17.0 Å². The van der Waals surface area contributed by atoms with E-state index in [4.69, 9.17) is 0 Å². The standard InChI is InChI=1S/C22H24F2N4O2/c1-14-10-15(2)28(27-14)13-17-6-4-8-19(11-17)26-22(29)25-16(3)18-7-5-9-20(12-18)30-21(23)24/h4-12,16,21H,13H2,1-3H3,(H2,25,26,29). The lowest BCUT2D eigenvalue weighted by molar-refractivity contribution is -0.0499. The average Bonchev–Trinajstić information content (AvgIpc) is 2.98. The van der Waals surface area contributed by atoms with Crippen molar-refractivity contribution in [2.45, 2.75) is 40.0 Å². The van der Waals surface area contributed by atoms with Gasteiger partial charge in [0, 0.05) is 11.4 Å². The van der Waals surface area contributed by atoms with Crippen LogP contribution in [0.25, 0.3) is 0 Å². The number of aryl methyl sites for hydroxylation is 2. The van der Waals surface area contributed by atoms with Gasteiger partial charge in [0.15, 0.2) is 0 Å². The molecule has 0 radical (unpaired) electrons. The lowest BCUT2D eigenvalue weighted by atomic mass is 10.1. The number of hydrogen-bond donors (Lipinski definition) is 2. The highest BCUT2D eigenvalue weighted by molar-refractivity contribution is 5.89. The molecule has 1 aromatic heterocycles. The van der Waals surface area contributed by atoms with Gasteiger partial charge < -0.3 is 15.4 Å². The van der Waals surface area contributed by atoms with Crippen LogP contribution in [-0.4, -0.2) is 22.4 Å². The van der Waals surface area contributed by atoms with Crippen molar-refractivity contribution in [2.75, 3.05) is 5.32 Å². The number of nitrogens with one attached hydrogen (secondary N) is 2. The molecular formula is C22H24F2N4O2. The number of rotatable bonds is 7. The number of aromatic nitrogens is 2. The summed E-state index contributed by atoms with van der Waals surface area (Å²) in [6.45, 7) is 3.42. The highest BCUT2D eigenvalue weighted by atomic mass is 19.3. The van der Waals surface area contributed by atoms with E-state index in [1.54, 1.807) is 25.1 Å². The molecule has 0 spiro atoms. The second kappa shape index (κ2) is 9.39. The second-order valence-electron chi connectivity index (χ2n) is 7.06. The van der Waals surface area contributed by atoms with Crippen molar-refractivity contribution in [3.8, 4) is 5.75 Å². The molecule has 0 aliphatic carbocycles. The first-order chi connectivity index (χ1) is 14.3. The Morgan fingerprint density at radius 2 is 1.90 bits per heavy atom. The molecule has 0 fully saturated rings. The maximum Gasteiger partial charge on any atom is 0.387 e. The number of ether oxygens (including phenoxy) is 1. The molecule has 1 unspecified atom stereocenters. The number of alkyl halides is 2. The van der Waals surface area contributed by atoms with Crippen molar-refractivity contribution < 1.29 is 18.3 Å². The Balaban J connectivity index is 1.61. The molecule has 158 valence electrons. The topological polar surface area (TPSA) is 68.2 Å². The smallest absolute Gasteiger partial charge is 0.387 e. The van der Waals surface area contributed by atoms with Crippen molar-refractivity contribution in [2.24, 2.45) is 0 Å². The lowest BCUT2D eigenvalue weighted by Gasteiger charge is -2.16. The molecule has 1 atom stereocenters. The highest BCUT2D eigenvalue weighted by Gasteiger charge is 2.12. The van der Waals surface area contributed by atoms with Gasteiger partial charge in [-0.1, -0.05) is 24.3 Å². The molecule has 30 heavy (non-hydrogen) atoms. The summed E-state index contributed by atoms with van der Waals surface area (Å²) in [6, 6.07) is 15.0. The van der Waals surface area contributed by atoms with E-state index < -0.39 is 18.7 Å². The van der Waals surface area contributed by atoms with E-state index in [2.05, 4.69) is 20.5 Å². The van der Waals surface area contributed by atoms with Crippen molar-refractivity contribution in [3.05, 3.63) is 77.1 Å². The Hall–Kier alpha value is -3.42. The number of benzene rings is 2. The van der Waals surface area contributed by atoms with Crippen molar-refractivity contribution in [1.82, 2.24) is 15.1 Å². The molecule has 2 aromatic carbocycles. The fourth-order valence-corrected chi connectivity index (χ4v) is 3.16. The zero-order valence-corrected chi connectivity index (χ0v) is 17.0. The van der Waals surface area contributed by atoms with Gasteiger partial charge in [0.2, 0.25) is 0 Å². The summed E-state index contributed by atoms with van der Waals surface area (Å²) in [5.41, 5.74) is 4.33. The molecule has 3 rings (SSSR count). The summed E-state index contributed by atoms with van der Waals surface area (Å²) in [6.07, 6.45) is 0. The van der Waals surface area contributed by atoms with E-state index in [0.29, 0.717) is 17.8 Å². The number of urea groups is 1. The molecule has 1 heterocycles. The monoisotopic (exact) mass is 414 g/mol. The molecule has 2 amide bonds. The summed E-state index contributed by atoms with van der Waals surface area (Å²) < 4.78 is 31.1. The third kappa shape index (κ3) is 5.79. The predicted octanol–water partition coefficient (Wildman–Crippen LogP) is 5.03. The number of anilines is 1. The van der Waals surface area contributed by atoms with Gasteiger partial charge in [0.1, 0.15) is 5.75 Å². The van der Waals surface area contributed by atoms with Crippen LogP contribution in [-0.2, 0) is 6.54 Å². The number of amides is 2. The normalized spacial score (nSPS) is 11.9. The maximum atomic E-state index is 12.4. The number of carbonyl (C=O) groups excluding carboxylic acids is 1. The summed E-state index contributed by atoms with van der Waals surface area (Å²) in [5.74, 6) is 0.0495. The number of nitrogens with zero attached hydrogens (tertiary/aromatic N) is 2. The van der Waals surface area contributed by atoms with Crippen LogP contribution in [0.4, 0.5) is 19.3 Å². The number of carbonyl (C=O) groups is 1. The maximum absolute atomic E-state index is 12.4. The third-order valence-electron chi connectivity index (χ3n) is 4.55. The minimum absolute atomic E-state index is 0.0495. The van der Waals surface area contributed by atoms with Crippen molar-refractivity contribution >= 4 is 11.7 Å². The summed E-state index contributed by atoms with van der Waals surface area (Å²) in [5, 5.41) is 10.1. The summed E-state index contributed by atoms with van der Waals surface area (Å²) >= 11 is 0. The average molecular weight is 414 g/mol. The molecular weight excluding hydrogens is 390 g/mol. The number of halogens is 2. The molecule has 8 heteroatoms. The van der Waals surface area contributed by atoms with Gasteiger partial charge in [-0.3, -0.25) is 4.68 Å². The van der Waals surface area contributed by atoms with Gasteiger partial charge in [-0.2, -0.15) is 13.9 Å². The minimum atomic E-state index is -2.89. The van der Waals surface area contributed by atoms with Crippen molar-refractivity contribution in [3.63, 3.8) is 0 Å². The Kier molecular flexibility index (Phi) is 6.66. The van der Waals surface area contributed by atoms with Gasteiger partial charge in [-0.25, -0.2) is 4.79 Å². The summed E-state index contributed by atoms with van der Waals surface area (Å²) in [7, 11) is 0. The van der Waals surface area contributed by atoms with Crippen LogP contribution >= 0.6 is 0 Å². The first kappa shape index (κ1) is 21.3. The van der Waals surface area contributed by atoms with Gasteiger partial charge in [0.25, 0.3) is 0 Å². The SMILES string of the molecule is Cc1cc(C)n(Cc2cccc(NC(=O)NC(C)c3cccc(OC(F)F)c3)c2)n1. The molecule has 0 saturated carbocycles. The van der Waals surface area contributed by atoms with Crippen LogP contribution < -0.4 is 15.4 Å². The Bertz CT molecular complexity index is 1020. The first-order valence-electron chi connectivity index (χ1n) is 9.52. The largest absolute Gasteiger partial charge is 0.435 e. The molecule has 0 aliphatic rings. The number of hydrogen-bond acceptors (Lipinski definition) is 3. The fourth-order valence-electron chi connectivity index (χ4n) is 3.16. The van der Waals surface area contributed by atoms with Gasteiger partial charge in [-0.15, -0.1) is 0 Å². The quantitative estimate of drug-likeness (QED) is 0.570. The second-order valence-corrected chi connectivity index (χ2v) is 7.06. The van der Waals surface area contributed by atoms with E-state index >= 15 is 0 Å². The van der Waals surface area contributed by atoms with Crippen LogP contribution in [0.1, 0.15) is 35.5 Å². The Labute approximate surface area is 173 Å². The van der Waals surface area contributed by atoms with Gasteiger partial charge >= 0.3 is 12.6 Å². The van der Waals surface area contributed by atoms with Crippen LogP contribution in [0.15, 0.2) is 54.6 Å². The fraction of sp³-hybridized carbons (Fsp3) is 0.273.